The van der Waals surface area contributed by atoms with Gasteiger partial charge in [-0.15, -0.1) is 0 Å². The smallest absolute Gasteiger partial charge is 0.272 e. The number of anilines is 1. The summed E-state index contributed by atoms with van der Waals surface area (Å²) in [6.45, 7) is 5.32. The van der Waals surface area contributed by atoms with Gasteiger partial charge in [-0.25, -0.2) is 9.97 Å². The second-order valence-corrected chi connectivity index (χ2v) is 7.98. The van der Waals surface area contributed by atoms with E-state index in [2.05, 4.69) is 57.1 Å². The Morgan fingerprint density at radius 3 is 2.43 bits per heavy atom. The van der Waals surface area contributed by atoms with Gasteiger partial charge in [0, 0.05) is 45.3 Å². The summed E-state index contributed by atoms with van der Waals surface area (Å²) in [4.78, 5) is 27.9. The van der Waals surface area contributed by atoms with Gasteiger partial charge in [-0.05, 0) is 37.8 Å². The molecular weight excluding hydrogens is 350 g/mol. The standard InChI is InChI=1S/C22H29N5O/c1-25-11-13-27(14-12-25)22(28)20-16-21(24-17-23-20)26-9-7-19(8-10-26)15-18-5-3-2-4-6-18/h2-6,16-17,19H,7-15H2,1H3. The van der Waals surface area contributed by atoms with E-state index in [1.807, 2.05) is 11.0 Å². The molecule has 0 N–H and O–H groups in total. The quantitative estimate of drug-likeness (QED) is 0.816. The van der Waals surface area contributed by atoms with Gasteiger partial charge in [-0.1, -0.05) is 30.3 Å². The fourth-order valence-electron chi connectivity index (χ4n) is 4.12. The number of carbonyl (C=O) groups is 1. The lowest BCUT2D eigenvalue weighted by atomic mass is 9.90. The van der Waals surface area contributed by atoms with Crippen molar-refractivity contribution in [2.75, 3.05) is 51.2 Å². The van der Waals surface area contributed by atoms with Crippen LogP contribution in [0.1, 0.15) is 28.9 Å². The normalized spacial score (nSPS) is 19.0. The Balaban J connectivity index is 1.35. The first-order valence-corrected chi connectivity index (χ1v) is 10.3. The summed E-state index contributed by atoms with van der Waals surface area (Å²) < 4.78 is 0. The second kappa shape index (κ2) is 8.69. The first-order chi connectivity index (χ1) is 13.7. The van der Waals surface area contributed by atoms with Gasteiger partial charge in [0.1, 0.15) is 17.8 Å². The lowest BCUT2D eigenvalue weighted by Gasteiger charge is -2.34. The molecule has 0 spiro atoms. The van der Waals surface area contributed by atoms with Crippen LogP contribution < -0.4 is 4.90 Å². The van der Waals surface area contributed by atoms with Crippen LogP contribution in [0, 0.1) is 5.92 Å². The maximum Gasteiger partial charge on any atom is 0.272 e. The van der Waals surface area contributed by atoms with Crippen molar-refractivity contribution in [3.05, 3.63) is 54.0 Å². The van der Waals surface area contributed by atoms with E-state index in [4.69, 9.17) is 0 Å². The molecule has 2 aliphatic heterocycles. The van der Waals surface area contributed by atoms with Crippen LogP contribution in [0.4, 0.5) is 5.82 Å². The van der Waals surface area contributed by atoms with Crippen molar-refractivity contribution in [1.29, 1.82) is 0 Å². The monoisotopic (exact) mass is 379 g/mol. The van der Waals surface area contributed by atoms with E-state index in [-0.39, 0.29) is 5.91 Å². The third-order valence-corrected chi connectivity index (χ3v) is 5.97. The van der Waals surface area contributed by atoms with E-state index < -0.39 is 0 Å². The fraction of sp³-hybridized carbons (Fsp3) is 0.500. The Bertz CT molecular complexity index is 781. The van der Waals surface area contributed by atoms with Gasteiger partial charge >= 0.3 is 0 Å². The fourth-order valence-corrected chi connectivity index (χ4v) is 4.12. The molecule has 2 saturated heterocycles. The van der Waals surface area contributed by atoms with Crippen LogP contribution in [-0.2, 0) is 6.42 Å². The highest BCUT2D eigenvalue weighted by atomic mass is 16.2. The molecule has 6 nitrogen and oxygen atoms in total. The molecule has 28 heavy (non-hydrogen) atoms. The maximum absolute atomic E-state index is 12.8. The molecule has 0 saturated carbocycles. The molecule has 6 heteroatoms. The largest absolute Gasteiger partial charge is 0.356 e. The topological polar surface area (TPSA) is 52.6 Å². The van der Waals surface area contributed by atoms with Crippen molar-refractivity contribution >= 4 is 11.7 Å². The van der Waals surface area contributed by atoms with Gasteiger partial charge in [0.05, 0.1) is 0 Å². The zero-order chi connectivity index (χ0) is 19.3. The highest BCUT2D eigenvalue weighted by Gasteiger charge is 2.24. The number of rotatable bonds is 4. The number of piperidine rings is 1. The minimum absolute atomic E-state index is 0.0238. The zero-order valence-corrected chi connectivity index (χ0v) is 16.6. The Labute approximate surface area is 167 Å². The minimum atomic E-state index is 0.0238. The van der Waals surface area contributed by atoms with Gasteiger partial charge in [0.2, 0.25) is 0 Å². The summed E-state index contributed by atoms with van der Waals surface area (Å²) in [6, 6.07) is 12.6. The molecule has 0 atom stereocenters. The van der Waals surface area contributed by atoms with Crippen molar-refractivity contribution in [2.45, 2.75) is 19.3 Å². The van der Waals surface area contributed by atoms with E-state index in [0.29, 0.717) is 11.6 Å². The lowest BCUT2D eigenvalue weighted by molar-refractivity contribution is 0.0658. The second-order valence-electron chi connectivity index (χ2n) is 7.98. The molecule has 0 radical (unpaired) electrons. The van der Waals surface area contributed by atoms with Crippen LogP contribution in [0.5, 0.6) is 0 Å². The number of amides is 1. The Kier molecular flexibility index (Phi) is 5.86. The molecule has 2 fully saturated rings. The number of likely N-dealkylation sites (N-methyl/N-ethyl adjacent to an activating group) is 1. The summed E-state index contributed by atoms with van der Waals surface area (Å²) in [5.41, 5.74) is 1.93. The van der Waals surface area contributed by atoms with Crippen molar-refractivity contribution in [3.63, 3.8) is 0 Å². The highest BCUT2D eigenvalue weighted by Crippen LogP contribution is 2.25. The first-order valence-electron chi connectivity index (χ1n) is 10.3. The molecule has 0 bridgehead atoms. The third-order valence-electron chi connectivity index (χ3n) is 5.97. The molecule has 0 aliphatic carbocycles. The number of piperazine rings is 1. The van der Waals surface area contributed by atoms with Crippen molar-refractivity contribution in [2.24, 2.45) is 5.92 Å². The van der Waals surface area contributed by atoms with Crippen molar-refractivity contribution in [3.8, 4) is 0 Å². The van der Waals surface area contributed by atoms with Crippen molar-refractivity contribution in [1.82, 2.24) is 19.8 Å². The summed E-state index contributed by atoms with van der Waals surface area (Å²) in [5, 5.41) is 0. The Morgan fingerprint density at radius 2 is 1.71 bits per heavy atom. The molecule has 1 aromatic heterocycles. The third kappa shape index (κ3) is 4.50. The van der Waals surface area contributed by atoms with E-state index in [9.17, 15) is 4.79 Å². The van der Waals surface area contributed by atoms with Crippen LogP contribution in [0.2, 0.25) is 0 Å². The first kappa shape index (κ1) is 18.9. The SMILES string of the molecule is CN1CCN(C(=O)c2cc(N3CCC(Cc4ccccc4)CC3)ncn2)CC1. The number of carbonyl (C=O) groups excluding carboxylic acids is 1. The van der Waals surface area contributed by atoms with Crippen molar-refractivity contribution < 1.29 is 4.79 Å². The van der Waals surface area contributed by atoms with E-state index in [1.54, 1.807) is 0 Å². The molecule has 0 unspecified atom stereocenters. The number of hydrogen-bond donors (Lipinski definition) is 0. The predicted molar refractivity (Wildman–Crippen MR) is 111 cm³/mol. The van der Waals surface area contributed by atoms with Crippen LogP contribution in [0.15, 0.2) is 42.7 Å². The molecule has 2 aliphatic rings. The molecule has 148 valence electrons. The lowest BCUT2D eigenvalue weighted by Crippen LogP contribution is -2.47. The number of nitrogens with zero attached hydrogens (tertiary/aromatic N) is 5. The zero-order valence-electron chi connectivity index (χ0n) is 16.6. The molecule has 1 amide bonds. The number of benzene rings is 1. The van der Waals surface area contributed by atoms with Gasteiger partial charge in [0.25, 0.3) is 5.91 Å². The summed E-state index contributed by atoms with van der Waals surface area (Å²) in [7, 11) is 2.09. The molecule has 2 aromatic rings. The molecule has 4 rings (SSSR count). The molecule has 3 heterocycles. The molecule has 1 aromatic carbocycles. The van der Waals surface area contributed by atoms with Gasteiger partial charge in [0.15, 0.2) is 0 Å². The highest BCUT2D eigenvalue weighted by molar-refractivity contribution is 5.93. The average Bonchev–Trinajstić information content (AvgIpc) is 2.75. The Hall–Kier alpha value is -2.47. The van der Waals surface area contributed by atoms with E-state index in [1.165, 1.54) is 11.9 Å². The predicted octanol–water partition coefficient (Wildman–Crippen LogP) is 2.32. The summed E-state index contributed by atoms with van der Waals surface area (Å²) >= 11 is 0. The minimum Gasteiger partial charge on any atom is -0.356 e. The van der Waals surface area contributed by atoms with Crippen LogP contribution in [0.25, 0.3) is 0 Å². The average molecular weight is 380 g/mol. The van der Waals surface area contributed by atoms with Crippen LogP contribution in [0.3, 0.4) is 0 Å². The maximum atomic E-state index is 12.8. The van der Waals surface area contributed by atoms with Gasteiger partial charge in [-0.3, -0.25) is 4.79 Å². The van der Waals surface area contributed by atoms with Crippen LogP contribution >= 0.6 is 0 Å². The van der Waals surface area contributed by atoms with Gasteiger partial charge < -0.3 is 14.7 Å². The summed E-state index contributed by atoms with van der Waals surface area (Å²) in [5.74, 6) is 1.62. The van der Waals surface area contributed by atoms with E-state index >= 15 is 0 Å². The van der Waals surface area contributed by atoms with Crippen LogP contribution in [-0.4, -0.2) is 72.0 Å². The number of hydrogen-bond acceptors (Lipinski definition) is 5. The number of aromatic nitrogens is 2. The van der Waals surface area contributed by atoms with E-state index in [0.717, 1.165) is 64.3 Å². The summed E-state index contributed by atoms with van der Waals surface area (Å²) in [6.07, 6.45) is 4.99. The Morgan fingerprint density at radius 1 is 1.00 bits per heavy atom. The van der Waals surface area contributed by atoms with Gasteiger partial charge in [-0.2, -0.15) is 0 Å². The molecular formula is C22H29N5O.